The molecule has 0 unspecified atom stereocenters. The first-order valence-electron chi connectivity index (χ1n) is 9.69. The topological polar surface area (TPSA) is 69.0 Å². The highest BCUT2D eigenvalue weighted by atomic mass is 32.2. The monoisotopic (exact) mass is 465 g/mol. The van der Waals surface area contributed by atoms with Gasteiger partial charge in [0.25, 0.3) is 5.91 Å². The number of rotatable bonds is 6. The van der Waals surface area contributed by atoms with E-state index in [0.717, 1.165) is 11.1 Å². The lowest BCUT2D eigenvalue weighted by Crippen LogP contribution is -2.27. The number of amides is 1. The molecule has 2 heterocycles. The van der Waals surface area contributed by atoms with Crippen LogP contribution in [0.5, 0.6) is 11.5 Å². The second-order valence-electron chi connectivity index (χ2n) is 7.01. The third kappa shape index (κ3) is 4.76. The SMILES string of the molecule is COc1cc(/C=C2/SC(=S)N(Cc3ccco3)C2=O)ccc1OC(=O)c1ccc(C)cc1. The summed E-state index contributed by atoms with van der Waals surface area (Å²) in [7, 11) is 1.49. The predicted molar refractivity (Wildman–Crippen MR) is 127 cm³/mol. The van der Waals surface area contributed by atoms with Gasteiger partial charge >= 0.3 is 5.97 Å². The molecule has 4 rings (SSSR count). The van der Waals surface area contributed by atoms with Crippen LogP contribution in [-0.4, -0.2) is 28.2 Å². The average molecular weight is 466 g/mol. The highest BCUT2D eigenvalue weighted by Gasteiger charge is 2.32. The first-order valence-corrected chi connectivity index (χ1v) is 10.9. The zero-order valence-electron chi connectivity index (χ0n) is 17.4. The number of thioether (sulfide) groups is 1. The fourth-order valence-corrected chi connectivity index (χ4v) is 4.31. The molecule has 1 saturated heterocycles. The Morgan fingerprint density at radius 2 is 1.94 bits per heavy atom. The fraction of sp³-hybridized carbons (Fsp3) is 0.125. The largest absolute Gasteiger partial charge is 0.493 e. The Hall–Kier alpha value is -3.36. The number of benzene rings is 2. The molecule has 0 aliphatic carbocycles. The number of furan rings is 1. The van der Waals surface area contributed by atoms with Gasteiger partial charge < -0.3 is 13.9 Å². The molecule has 6 nitrogen and oxygen atoms in total. The van der Waals surface area contributed by atoms with Crippen LogP contribution in [0.3, 0.4) is 0 Å². The number of hydrogen-bond acceptors (Lipinski definition) is 7. The molecule has 1 amide bonds. The van der Waals surface area contributed by atoms with Gasteiger partial charge in [0.1, 0.15) is 10.1 Å². The van der Waals surface area contributed by atoms with Crippen molar-refractivity contribution in [3.05, 3.63) is 88.2 Å². The number of carbonyl (C=O) groups is 2. The zero-order chi connectivity index (χ0) is 22.7. The summed E-state index contributed by atoms with van der Waals surface area (Å²) in [5.41, 5.74) is 2.22. The van der Waals surface area contributed by atoms with Crippen molar-refractivity contribution in [1.29, 1.82) is 0 Å². The Bertz CT molecular complexity index is 1200. The summed E-state index contributed by atoms with van der Waals surface area (Å²) in [5, 5.41) is 0. The van der Waals surface area contributed by atoms with Crippen LogP contribution in [0, 0.1) is 6.92 Å². The van der Waals surface area contributed by atoms with E-state index in [9.17, 15) is 9.59 Å². The molecular formula is C24H19NO5S2. The lowest BCUT2D eigenvalue weighted by molar-refractivity contribution is -0.122. The Morgan fingerprint density at radius 3 is 2.62 bits per heavy atom. The molecule has 162 valence electrons. The van der Waals surface area contributed by atoms with Gasteiger partial charge in [0, 0.05) is 0 Å². The van der Waals surface area contributed by atoms with E-state index in [1.54, 1.807) is 54.8 Å². The van der Waals surface area contributed by atoms with E-state index in [4.69, 9.17) is 26.1 Å². The average Bonchev–Trinajstić information content (AvgIpc) is 3.39. The standard InChI is InChI=1S/C24H19NO5S2/c1-15-5-8-17(9-6-15)23(27)30-19-10-7-16(12-20(19)28-2)13-21-22(26)25(24(31)32-21)14-18-4-3-11-29-18/h3-13H,14H2,1-2H3/b21-13+. The number of nitrogens with zero attached hydrogens (tertiary/aromatic N) is 1. The third-order valence-corrected chi connectivity index (χ3v) is 6.12. The minimum absolute atomic E-state index is 0.190. The fourth-order valence-electron chi connectivity index (χ4n) is 3.05. The summed E-state index contributed by atoms with van der Waals surface area (Å²) in [4.78, 5) is 27.2. The van der Waals surface area contributed by atoms with Crippen molar-refractivity contribution in [2.45, 2.75) is 13.5 Å². The van der Waals surface area contributed by atoms with Gasteiger partial charge in [-0.05, 0) is 55.0 Å². The number of thiocarbonyl (C=S) groups is 1. The van der Waals surface area contributed by atoms with E-state index >= 15 is 0 Å². The normalized spacial score (nSPS) is 14.8. The molecule has 0 spiro atoms. The Balaban J connectivity index is 1.51. The molecule has 0 atom stereocenters. The predicted octanol–water partition coefficient (Wildman–Crippen LogP) is 5.22. The highest BCUT2D eigenvalue weighted by Crippen LogP contribution is 2.35. The van der Waals surface area contributed by atoms with Crippen molar-refractivity contribution in [3.8, 4) is 11.5 Å². The summed E-state index contributed by atoms with van der Waals surface area (Å²) in [6, 6.07) is 15.8. The summed E-state index contributed by atoms with van der Waals surface area (Å²) in [5.74, 6) is 0.662. The maximum Gasteiger partial charge on any atom is 0.343 e. The van der Waals surface area contributed by atoms with E-state index in [1.807, 2.05) is 19.1 Å². The molecule has 2 aromatic carbocycles. The van der Waals surface area contributed by atoms with Crippen LogP contribution in [0.2, 0.25) is 0 Å². The maximum absolute atomic E-state index is 12.8. The van der Waals surface area contributed by atoms with Crippen molar-refractivity contribution in [3.63, 3.8) is 0 Å². The summed E-state index contributed by atoms with van der Waals surface area (Å²) >= 11 is 6.58. The van der Waals surface area contributed by atoms with E-state index in [0.29, 0.717) is 32.0 Å². The minimum Gasteiger partial charge on any atom is -0.493 e. The molecule has 1 aliphatic rings. The molecule has 1 fully saturated rings. The van der Waals surface area contributed by atoms with Crippen LogP contribution in [0.25, 0.3) is 6.08 Å². The van der Waals surface area contributed by atoms with E-state index in [-0.39, 0.29) is 12.5 Å². The molecule has 8 heteroatoms. The van der Waals surface area contributed by atoms with Gasteiger partial charge in [-0.3, -0.25) is 9.69 Å². The van der Waals surface area contributed by atoms with Crippen LogP contribution in [0.1, 0.15) is 27.2 Å². The smallest absolute Gasteiger partial charge is 0.343 e. The maximum atomic E-state index is 12.8. The van der Waals surface area contributed by atoms with Gasteiger partial charge in [0.15, 0.2) is 11.5 Å². The Labute approximate surface area is 194 Å². The van der Waals surface area contributed by atoms with Gasteiger partial charge in [-0.1, -0.05) is 47.7 Å². The van der Waals surface area contributed by atoms with Gasteiger partial charge in [0.2, 0.25) is 0 Å². The molecule has 1 aromatic heterocycles. The first kappa shape index (κ1) is 21.9. The van der Waals surface area contributed by atoms with Crippen molar-refractivity contribution in [2.75, 3.05) is 7.11 Å². The Morgan fingerprint density at radius 1 is 1.16 bits per heavy atom. The van der Waals surface area contributed by atoms with Crippen LogP contribution in [-0.2, 0) is 11.3 Å². The quantitative estimate of drug-likeness (QED) is 0.214. The summed E-state index contributed by atoms with van der Waals surface area (Å²) in [6.45, 7) is 2.23. The van der Waals surface area contributed by atoms with E-state index < -0.39 is 5.97 Å². The van der Waals surface area contributed by atoms with Gasteiger partial charge in [-0.25, -0.2) is 4.79 Å². The second-order valence-corrected chi connectivity index (χ2v) is 8.69. The molecular weight excluding hydrogens is 446 g/mol. The van der Waals surface area contributed by atoms with Gasteiger partial charge in [0.05, 0.1) is 30.4 Å². The van der Waals surface area contributed by atoms with Crippen molar-refractivity contribution in [2.24, 2.45) is 0 Å². The molecule has 1 aliphatic heterocycles. The second kappa shape index (κ2) is 9.42. The Kier molecular flexibility index (Phi) is 6.43. The molecule has 0 saturated carbocycles. The number of ether oxygens (including phenoxy) is 2. The number of methoxy groups -OCH3 is 1. The van der Waals surface area contributed by atoms with Crippen molar-refractivity contribution in [1.82, 2.24) is 4.90 Å². The lowest BCUT2D eigenvalue weighted by Gasteiger charge is -2.12. The first-order chi connectivity index (χ1) is 15.4. The van der Waals surface area contributed by atoms with Crippen LogP contribution >= 0.6 is 24.0 Å². The van der Waals surface area contributed by atoms with Crippen LogP contribution in [0.4, 0.5) is 0 Å². The van der Waals surface area contributed by atoms with Crippen LogP contribution < -0.4 is 9.47 Å². The third-order valence-electron chi connectivity index (χ3n) is 4.74. The zero-order valence-corrected chi connectivity index (χ0v) is 19.0. The van der Waals surface area contributed by atoms with Crippen LogP contribution in [0.15, 0.2) is 70.2 Å². The number of esters is 1. The van der Waals surface area contributed by atoms with E-state index in [2.05, 4.69) is 0 Å². The number of carbonyl (C=O) groups excluding carboxylic acids is 2. The number of hydrogen-bond donors (Lipinski definition) is 0. The highest BCUT2D eigenvalue weighted by molar-refractivity contribution is 8.26. The summed E-state index contributed by atoms with van der Waals surface area (Å²) in [6.07, 6.45) is 3.29. The van der Waals surface area contributed by atoms with Crippen molar-refractivity contribution >= 4 is 46.3 Å². The van der Waals surface area contributed by atoms with Crippen molar-refractivity contribution < 1.29 is 23.5 Å². The lowest BCUT2D eigenvalue weighted by atomic mass is 10.1. The number of aryl methyl sites for hydroxylation is 1. The molecule has 0 radical (unpaired) electrons. The molecule has 0 bridgehead atoms. The summed E-state index contributed by atoms with van der Waals surface area (Å²) < 4.78 is 16.7. The minimum atomic E-state index is -0.477. The van der Waals surface area contributed by atoms with Gasteiger partial charge in [-0.2, -0.15) is 0 Å². The molecule has 0 N–H and O–H groups in total. The van der Waals surface area contributed by atoms with E-state index in [1.165, 1.54) is 23.8 Å². The molecule has 3 aromatic rings. The van der Waals surface area contributed by atoms with Gasteiger partial charge in [-0.15, -0.1) is 0 Å². The molecule has 32 heavy (non-hydrogen) atoms.